The summed E-state index contributed by atoms with van der Waals surface area (Å²) in [6.07, 6.45) is 0. The first-order chi connectivity index (χ1) is 15.2. The Morgan fingerprint density at radius 3 is 2.55 bits per heavy atom. The lowest BCUT2D eigenvalue weighted by Crippen LogP contribution is -2.44. The van der Waals surface area contributed by atoms with E-state index in [1.807, 2.05) is 5.38 Å². The maximum absolute atomic E-state index is 14.5. The minimum absolute atomic E-state index is 0. The number of benzene rings is 1. The van der Waals surface area contributed by atoms with Gasteiger partial charge in [-0.2, -0.15) is 4.39 Å². The summed E-state index contributed by atoms with van der Waals surface area (Å²) in [4.78, 5) is 9.08. The third kappa shape index (κ3) is 7.61. The minimum Gasteiger partial charge on any atom is -0.487 e. The summed E-state index contributed by atoms with van der Waals surface area (Å²) in [5.74, 6) is -2.06. The molecule has 33 heavy (non-hydrogen) atoms. The summed E-state index contributed by atoms with van der Waals surface area (Å²) in [5, 5.41) is 5.99. The number of aromatic nitrogens is 1. The molecule has 7 nitrogen and oxygen atoms in total. The number of ether oxygens (including phenoxy) is 3. The van der Waals surface area contributed by atoms with E-state index in [0.29, 0.717) is 37.7 Å². The molecular weight excluding hydrogens is 497 g/mol. The highest BCUT2D eigenvalue weighted by molar-refractivity contribution is 7.14. The van der Waals surface area contributed by atoms with Crippen molar-refractivity contribution in [2.75, 3.05) is 83.7 Å². The van der Waals surface area contributed by atoms with Crippen molar-refractivity contribution in [3.63, 3.8) is 0 Å². The van der Waals surface area contributed by atoms with Crippen molar-refractivity contribution in [2.24, 2.45) is 0 Å². The number of nitrogens with zero attached hydrogens (tertiary/aromatic N) is 3. The van der Waals surface area contributed by atoms with Crippen LogP contribution in [0.25, 0.3) is 11.3 Å². The molecule has 0 unspecified atom stereocenters. The summed E-state index contributed by atoms with van der Waals surface area (Å²) in [7, 11) is 0. The topological polar surface area (TPSA) is 59.1 Å². The van der Waals surface area contributed by atoms with Crippen LogP contribution in [0, 0.1) is 11.6 Å². The summed E-state index contributed by atoms with van der Waals surface area (Å²) in [6.45, 7) is 8.72. The van der Waals surface area contributed by atoms with Gasteiger partial charge in [-0.1, -0.05) is 0 Å². The molecule has 2 fully saturated rings. The van der Waals surface area contributed by atoms with Crippen molar-refractivity contribution in [1.29, 1.82) is 0 Å². The van der Waals surface area contributed by atoms with E-state index in [1.165, 1.54) is 17.4 Å². The summed E-state index contributed by atoms with van der Waals surface area (Å²) < 4.78 is 45.0. The number of thiazole rings is 1. The van der Waals surface area contributed by atoms with E-state index in [-0.39, 0.29) is 37.2 Å². The molecule has 0 amide bonds. The van der Waals surface area contributed by atoms with Crippen molar-refractivity contribution < 1.29 is 23.0 Å². The van der Waals surface area contributed by atoms with Crippen LogP contribution in [0.15, 0.2) is 17.5 Å². The molecule has 0 aliphatic carbocycles. The summed E-state index contributed by atoms with van der Waals surface area (Å²) >= 11 is 1.47. The molecule has 0 saturated carbocycles. The monoisotopic (exact) mass is 526 g/mol. The third-order valence-electron chi connectivity index (χ3n) is 5.34. The van der Waals surface area contributed by atoms with Gasteiger partial charge in [-0.3, -0.25) is 4.90 Å². The van der Waals surface area contributed by atoms with Gasteiger partial charge in [0.15, 0.2) is 16.7 Å². The van der Waals surface area contributed by atoms with Gasteiger partial charge in [0.05, 0.1) is 32.1 Å². The number of morpholine rings is 1. The van der Waals surface area contributed by atoms with Gasteiger partial charge in [0.1, 0.15) is 6.61 Å². The number of nitrogens with one attached hydrogen (secondary N) is 1. The van der Waals surface area contributed by atoms with Crippen molar-refractivity contribution in [2.45, 2.75) is 0 Å². The molecule has 1 aromatic heterocycles. The van der Waals surface area contributed by atoms with Crippen molar-refractivity contribution >= 4 is 41.3 Å². The lowest BCUT2D eigenvalue weighted by atomic mass is 10.1. The first-order valence-corrected chi connectivity index (χ1v) is 11.5. The Bertz CT molecular complexity index is 853. The number of hydrogen-bond acceptors (Lipinski definition) is 8. The van der Waals surface area contributed by atoms with Crippen LogP contribution in [0.1, 0.15) is 0 Å². The highest BCUT2D eigenvalue weighted by Gasteiger charge is 2.21. The summed E-state index contributed by atoms with van der Waals surface area (Å²) in [5.41, 5.74) is 1.01. The number of hydrogen-bond donors (Lipinski definition) is 1. The van der Waals surface area contributed by atoms with Crippen LogP contribution in [0.4, 0.5) is 13.9 Å². The van der Waals surface area contributed by atoms with Crippen LogP contribution in [0.5, 0.6) is 5.75 Å². The Hall–Kier alpha value is -1.27. The zero-order chi connectivity index (χ0) is 21.5. The molecule has 2 aliphatic heterocycles. The lowest BCUT2D eigenvalue weighted by molar-refractivity contribution is 0.0758. The fourth-order valence-electron chi connectivity index (χ4n) is 3.60. The molecule has 2 aliphatic rings. The highest BCUT2D eigenvalue weighted by atomic mass is 35.5. The second kappa shape index (κ2) is 14.2. The molecule has 4 rings (SSSR count). The molecule has 186 valence electrons. The van der Waals surface area contributed by atoms with Crippen LogP contribution >= 0.6 is 36.2 Å². The van der Waals surface area contributed by atoms with Gasteiger partial charge in [0.2, 0.25) is 5.82 Å². The first kappa shape index (κ1) is 28.0. The van der Waals surface area contributed by atoms with E-state index in [0.717, 1.165) is 57.0 Å². The predicted octanol–water partition coefficient (Wildman–Crippen LogP) is 3.07. The predicted molar refractivity (Wildman–Crippen MR) is 131 cm³/mol. The molecular formula is C21H30Cl2F2N4O3S. The maximum atomic E-state index is 14.5. The smallest absolute Gasteiger partial charge is 0.201 e. The first-order valence-electron chi connectivity index (χ1n) is 10.6. The molecule has 0 radical (unpaired) electrons. The third-order valence-corrected chi connectivity index (χ3v) is 6.24. The average molecular weight is 527 g/mol. The number of anilines is 1. The molecule has 0 spiro atoms. The van der Waals surface area contributed by atoms with Crippen molar-refractivity contribution in [3.05, 3.63) is 29.1 Å². The SMILES string of the molecule is Cl.Cl.Fc1ccc(-c2csc(N3CCOCC3)n2)c(OCCOCCN2CCNCC2)c1F. The molecule has 1 aromatic carbocycles. The van der Waals surface area contributed by atoms with Gasteiger partial charge < -0.3 is 24.4 Å². The quantitative estimate of drug-likeness (QED) is 0.504. The molecule has 1 N–H and O–H groups in total. The van der Waals surface area contributed by atoms with E-state index >= 15 is 0 Å². The average Bonchev–Trinajstić information content (AvgIpc) is 3.30. The standard InChI is InChI=1S/C21H28F2N4O3S.2ClH/c22-17-2-1-16(18-15-31-21(25-18)27-8-11-28-12-9-27)20(19(17)23)30-14-13-29-10-7-26-5-3-24-4-6-26;;/h1-2,15,24H,3-14H2;2*1H. The molecule has 3 heterocycles. The van der Waals surface area contributed by atoms with Gasteiger partial charge >= 0.3 is 0 Å². The van der Waals surface area contributed by atoms with Crippen LogP contribution in [-0.4, -0.2) is 88.7 Å². The zero-order valence-electron chi connectivity index (χ0n) is 18.3. The van der Waals surface area contributed by atoms with E-state index in [1.54, 1.807) is 0 Å². The van der Waals surface area contributed by atoms with E-state index in [9.17, 15) is 8.78 Å². The molecule has 2 aromatic rings. The Labute approximate surface area is 209 Å². The van der Waals surface area contributed by atoms with Crippen LogP contribution in [0.3, 0.4) is 0 Å². The lowest BCUT2D eigenvalue weighted by Gasteiger charge is -2.26. The van der Waals surface area contributed by atoms with Crippen LogP contribution in [0.2, 0.25) is 0 Å². The fraction of sp³-hybridized carbons (Fsp3) is 0.571. The number of halogens is 4. The Morgan fingerprint density at radius 1 is 1.03 bits per heavy atom. The maximum Gasteiger partial charge on any atom is 0.201 e. The Kier molecular flexibility index (Phi) is 12.0. The van der Waals surface area contributed by atoms with E-state index < -0.39 is 11.6 Å². The highest BCUT2D eigenvalue weighted by Crippen LogP contribution is 2.36. The number of piperazine rings is 1. The largest absolute Gasteiger partial charge is 0.487 e. The van der Waals surface area contributed by atoms with Crippen LogP contribution < -0.4 is 15.0 Å². The van der Waals surface area contributed by atoms with E-state index in [4.69, 9.17) is 14.2 Å². The van der Waals surface area contributed by atoms with Gasteiger partial charge in [-0.15, -0.1) is 36.2 Å². The van der Waals surface area contributed by atoms with Gasteiger partial charge in [-0.05, 0) is 12.1 Å². The molecule has 0 bridgehead atoms. The van der Waals surface area contributed by atoms with E-state index in [2.05, 4.69) is 20.1 Å². The normalized spacial score (nSPS) is 16.7. The van der Waals surface area contributed by atoms with Crippen LogP contribution in [-0.2, 0) is 9.47 Å². The fourth-order valence-corrected chi connectivity index (χ4v) is 4.48. The van der Waals surface area contributed by atoms with Gasteiger partial charge in [-0.25, -0.2) is 9.37 Å². The Balaban J connectivity index is 0.00000193. The van der Waals surface area contributed by atoms with Crippen molar-refractivity contribution in [3.8, 4) is 17.0 Å². The molecule has 12 heteroatoms. The molecule has 0 atom stereocenters. The number of rotatable bonds is 9. The second-order valence-corrected chi connectivity index (χ2v) is 8.24. The Morgan fingerprint density at radius 2 is 1.79 bits per heavy atom. The summed E-state index contributed by atoms with van der Waals surface area (Å²) in [6, 6.07) is 2.62. The molecule has 2 saturated heterocycles. The zero-order valence-corrected chi connectivity index (χ0v) is 20.7. The van der Waals surface area contributed by atoms with Gasteiger partial charge in [0.25, 0.3) is 0 Å². The minimum atomic E-state index is -1.00. The van der Waals surface area contributed by atoms with Gasteiger partial charge in [0, 0.05) is 56.8 Å². The van der Waals surface area contributed by atoms with Crippen molar-refractivity contribution in [1.82, 2.24) is 15.2 Å². The second-order valence-electron chi connectivity index (χ2n) is 7.41.